The molecule has 0 aromatic heterocycles. The van der Waals surface area contributed by atoms with E-state index in [-0.39, 0.29) is 5.97 Å². The lowest BCUT2D eigenvalue weighted by Crippen LogP contribution is -2.42. The predicted octanol–water partition coefficient (Wildman–Crippen LogP) is 3.55. The lowest BCUT2D eigenvalue weighted by molar-refractivity contribution is -0.137. The van der Waals surface area contributed by atoms with Gasteiger partial charge in [-0.2, -0.15) is 0 Å². The minimum absolute atomic E-state index is 0.252. The number of carbonyl (C=O) groups excluding carboxylic acids is 1. The fraction of sp³-hybridized carbons (Fsp3) is 0.750. The van der Waals surface area contributed by atoms with Crippen molar-refractivity contribution in [3.05, 3.63) is 12.2 Å². The summed E-state index contributed by atoms with van der Waals surface area (Å²) < 4.78 is 11.3. The molecule has 0 fully saturated rings. The molecule has 0 aromatic carbocycles. The van der Waals surface area contributed by atoms with Crippen LogP contribution in [0.3, 0.4) is 0 Å². The first kappa shape index (κ1) is 16.6. The molecule has 0 atom stereocenters. The van der Waals surface area contributed by atoms with Crippen LogP contribution in [0.2, 0.25) is 38.8 Å². The van der Waals surface area contributed by atoms with Crippen molar-refractivity contribution in [2.24, 2.45) is 0 Å². The molecule has 0 amide bonds. The van der Waals surface area contributed by atoms with Gasteiger partial charge in [0.05, 0.1) is 6.61 Å². The number of ether oxygens (including phenoxy) is 1. The van der Waals surface area contributed by atoms with Gasteiger partial charge in [0.1, 0.15) is 0 Å². The Morgan fingerprint density at radius 3 is 2.24 bits per heavy atom. The van der Waals surface area contributed by atoms with Crippen LogP contribution < -0.4 is 0 Å². The van der Waals surface area contributed by atoms with Crippen molar-refractivity contribution >= 4 is 22.6 Å². The molecule has 17 heavy (non-hydrogen) atoms. The van der Waals surface area contributed by atoms with Crippen molar-refractivity contribution in [3.8, 4) is 0 Å². The van der Waals surface area contributed by atoms with E-state index in [0.717, 1.165) is 12.5 Å². The van der Waals surface area contributed by atoms with Crippen LogP contribution in [0.25, 0.3) is 0 Å². The molecule has 0 N–H and O–H groups in total. The first-order chi connectivity index (χ1) is 7.66. The largest absolute Gasteiger partial charge is 0.463 e. The molecule has 0 aromatic rings. The molecule has 0 bridgehead atoms. The summed E-state index contributed by atoms with van der Waals surface area (Å²) in [6, 6.07) is 1.04. The second-order valence-corrected chi connectivity index (χ2v) is 14.8. The van der Waals surface area contributed by atoms with Crippen molar-refractivity contribution in [2.45, 2.75) is 52.1 Å². The lowest BCUT2D eigenvalue weighted by Gasteiger charge is -2.31. The summed E-state index contributed by atoms with van der Waals surface area (Å²) in [4.78, 5) is 11.1. The first-order valence-electron chi connectivity index (χ1n) is 6.16. The maximum absolute atomic E-state index is 11.1. The van der Waals surface area contributed by atoms with Crippen molar-refractivity contribution < 1.29 is 13.6 Å². The van der Waals surface area contributed by atoms with Crippen LogP contribution in [-0.2, 0) is 13.6 Å². The smallest absolute Gasteiger partial charge is 0.330 e. The summed E-state index contributed by atoms with van der Waals surface area (Å²) in [5.74, 6) is -0.252. The van der Waals surface area contributed by atoms with Crippen LogP contribution in [0.5, 0.6) is 0 Å². The average Bonchev–Trinajstić information content (AvgIpc) is 2.09. The van der Waals surface area contributed by atoms with E-state index in [9.17, 15) is 4.79 Å². The van der Waals surface area contributed by atoms with Gasteiger partial charge in [-0.15, -0.1) is 0 Å². The highest BCUT2D eigenvalue weighted by Gasteiger charge is 2.28. The minimum atomic E-state index is -1.58. The molecule has 0 aliphatic heterocycles. The lowest BCUT2D eigenvalue weighted by atomic mass is 10.5. The van der Waals surface area contributed by atoms with Gasteiger partial charge in [0.25, 0.3) is 0 Å². The molecule has 5 heteroatoms. The van der Waals surface area contributed by atoms with Gasteiger partial charge in [0.2, 0.25) is 0 Å². The van der Waals surface area contributed by atoms with Gasteiger partial charge in [-0.1, -0.05) is 6.08 Å². The molecular formula is C12H26O3Si2. The molecule has 0 aliphatic rings. The second kappa shape index (κ2) is 7.13. The Balaban J connectivity index is 3.84. The number of hydrogen-bond acceptors (Lipinski definition) is 3. The van der Waals surface area contributed by atoms with Gasteiger partial charge in [-0.05, 0) is 52.1 Å². The average molecular weight is 275 g/mol. The topological polar surface area (TPSA) is 35.5 Å². The van der Waals surface area contributed by atoms with Gasteiger partial charge in [0, 0.05) is 6.08 Å². The van der Waals surface area contributed by atoms with Crippen molar-refractivity contribution in [2.75, 3.05) is 6.61 Å². The molecule has 100 valence electrons. The summed E-state index contributed by atoms with van der Waals surface area (Å²) in [5.41, 5.74) is 0. The highest BCUT2D eigenvalue weighted by atomic mass is 28.4. The number of allylic oxidation sites excluding steroid dienone is 1. The molecular weight excluding hydrogens is 248 g/mol. The maximum Gasteiger partial charge on any atom is 0.330 e. The van der Waals surface area contributed by atoms with Crippen LogP contribution in [-0.4, -0.2) is 29.2 Å². The van der Waals surface area contributed by atoms with Crippen LogP contribution >= 0.6 is 0 Å². The summed E-state index contributed by atoms with van der Waals surface area (Å²) in [6.07, 6.45) is 4.03. The SMILES string of the molecule is CC=CC(=O)OCCC[Si](C)(C)O[Si](C)(C)C. The van der Waals surface area contributed by atoms with Crippen molar-refractivity contribution in [1.82, 2.24) is 0 Å². The number of hydrogen-bond donors (Lipinski definition) is 0. The standard InChI is InChI=1S/C12H26O3Si2/c1-7-9-12(13)14-10-8-11-17(5,6)15-16(2,3)4/h7,9H,8,10-11H2,1-6H3. The van der Waals surface area contributed by atoms with Crippen LogP contribution in [0.4, 0.5) is 0 Å². The highest BCUT2D eigenvalue weighted by Crippen LogP contribution is 2.19. The Bertz CT molecular complexity index is 267. The van der Waals surface area contributed by atoms with Crippen molar-refractivity contribution in [3.63, 3.8) is 0 Å². The van der Waals surface area contributed by atoms with Gasteiger partial charge < -0.3 is 8.85 Å². The van der Waals surface area contributed by atoms with E-state index in [1.165, 1.54) is 6.08 Å². The van der Waals surface area contributed by atoms with Crippen LogP contribution in [0, 0.1) is 0 Å². The van der Waals surface area contributed by atoms with E-state index >= 15 is 0 Å². The van der Waals surface area contributed by atoms with Gasteiger partial charge in [-0.3, -0.25) is 0 Å². The minimum Gasteiger partial charge on any atom is -0.463 e. The summed E-state index contributed by atoms with van der Waals surface area (Å²) in [5, 5.41) is 0. The van der Waals surface area contributed by atoms with Gasteiger partial charge >= 0.3 is 5.97 Å². The Hall–Kier alpha value is -0.396. The molecule has 3 nitrogen and oxygen atoms in total. The predicted molar refractivity (Wildman–Crippen MR) is 77.1 cm³/mol. The van der Waals surface area contributed by atoms with E-state index < -0.39 is 16.6 Å². The van der Waals surface area contributed by atoms with E-state index in [2.05, 4.69) is 32.7 Å². The Kier molecular flexibility index (Phi) is 6.96. The molecule has 0 saturated heterocycles. The third kappa shape index (κ3) is 10.5. The molecule has 0 radical (unpaired) electrons. The Morgan fingerprint density at radius 1 is 1.18 bits per heavy atom. The molecule has 0 rings (SSSR count). The fourth-order valence-corrected chi connectivity index (χ4v) is 9.77. The zero-order valence-corrected chi connectivity index (χ0v) is 14.0. The normalized spacial score (nSPS) is 13.1. The molecule has 0 aliphatic carbocycles. The van der Waals surface area contributed by atoms with Crippen LogP contribution in [0.1, 0.15) is 13.3 Å². The quantitative estimate of drug-likeness (QED) is 0.308. The zero-order valence-electron chi connectivity index (χ0n) is 12.0. The van der Waals surface area contributed by atoms with E-state index in [4.69, 9.17) is 8.85 Å². The number of rotatable bonds is 7. The molecule has 0 spiro atoms. The molecule has 0 heterocycles. The Labute approximate surface area is 107 Å². The third-order valence-corrected chi connectivity index (χ3v) is 8.27. The van der Waals surface area contributed by atoms with Crippen LogP contribution in [0.15, 0.2) is 12.2 Å². The number of carbonyl (C=O) groups is 1. The summed E-state index contributed by atoms with van der Waals surface area (Å²) in [7, 11) is -3.02. The van der Waals surface area contributed by atoms with Gasteiger partial charge in [-0.25, -0.2) is 4.79 Å². The van der Waals surface area contributed by atoms with E-state index in [0.29, 0.717) is 6.61 Å². The Morgan fingerprint density at radius 2 is 1.76 bits per heavy atom. The second-order valence-electron chi connectivity index (χ2n) is 5.75. The molecule has 0 saturated carbocycles. The third-order valence-electron chi connectivity index (χ3n) is 2.05. The van der Waals surface area contributed by atoms with E-state index in [1.807, 2.05) is 0 Å². The maximum atomic E-state index is 11.1. The highest BCUT2D eigenvalue weighted by molar-refractivity contribution is 6.84. The summed E-state index contributed by atoms with van der Waals surface area (Å²) in [6.45, 7) is 13.4. The first-order valence-corrected chi connectivity index (χ1v) is 12.7. The van der Waals surface area contributed by atoms with E-state index in [1.54, 1.807) is 13.0 Å². The molecule has 0 unspecified atom stereocenters. The fourth-order valence-electron chi connectivity index (χ4n) is 1.73. The number of esters is 1. The van der Waals surface area contributed by atoms with Gasteiger partial charge in [0.15, 0.2) is 16.6 Å². The summed E-state index contributed by atoms with van der Waals surface area (Å²) >= 11 is 0. The van der Waals surface area contributed by atoms with Crippen molar-refractivity contribution in [1.29, 1.82) is 0 Å². The zero-order chi connectivity index (χ0) is 13.5. The monoisotopic (exact) mass is 274 g/mol.